The second kappa shape index (κ2) is 2.22. The lowest BCUT2D eigenvalue weighted by Crippen LogP contribution is -2.32. The number of nitrogens with zero attached hydrogens (tertiary/aromatic N) is 1. The average Bonchev–Trinajstić information content (AvgIpc) is 2.76. The van der Waals surface area contributed by atoms with Gasteiger partial charge in [-0.15, -0.1) is 0 Å². The van der Waals surface area contributed by atoms with Crippen LogP contribution in [0.25, 0.3) is 0 Å². The van der Waals surface area contributed by atoms with Gasteiger partial charge in [-0.2, -0.15) is 0 Å². The molecular formula is C9H14N2O. The van der Waals surface area contributed by atoms with E-state index in [9.17, 15) is 0 Å². The highest BCUT2D eigenvalue weighted by Gasteiger charge is 2.53. The Morgan fingerprint density at radius 1 is 1.42 bits per heavy atom. The Bertz CT molecular complexity index is 239. The summed E-state index contributed by atoms with van der Waals surface area (Å²) in [6.45, 7) is 0.588. The quantitative estimate of drug-likeness (QED) is 0.624. The molecule has 0 radical (unpaired) electrons. The Labute approximate surface area is 71.9 Å². The summed E-state index contributed by atoms with van der Waals surface area (Å²) in [5, 5.41) is 4.07. The molecule has 0 unspecified atom stereocenters. The van der Waals surface area contributed by atoms with E-state index in [1.165, 1.54) is 19.3 Å². The number of hydrogen-bond donors (Lipinski definition) is 1. The summed E-state index contributed by atoms with van der Waals surface area (Å²) in [5.41, 5.74) is 6.73. The normalized spacial score (nSPS) is 48.9. The molecule has 66 valence electrons. The van der Waals surface area contributed by atoms with Crippen LogP contribution in [0.3, 0.4) is 0 Å². The molecule has 2 N–H and O–H groups in total. The largest absolute Gasteiger partial charge is 0.391 e. The van der Waals surface area contributed by atoms with Crippen molar-refractivity contribution in [1.82, 2.24) is 0 Å². The Balaban J connectivity index is 1.90. The molecule has 0 aromatic rings. The molecule has 12 heavy (non-hydrogen) atoms. The predicted molar refractivity (Wildman–Crippen MR) is 45.7 cm³/mol. The number of hydrogen-bond acceptors (Lipinski definition) is 3. The highest BCUT2D eigenvalue weighted by Crippen LogP contribution is 2.52. The van der Waals surface area contributed by atoms with Crippen molar-refractivity contribution < 1.29 is 4.84 Å². The third-order valence-electron chi connectivity index (χ3n) is 3.73. The Kier molecular flexibility index (Phi) is 1.28. The summed E-state index contributed by atoms with van der Waals surface area (Å²) in [6.07, 6.45) is 4.48. The van der Waals surface area contributed by atoms with E-state index in [1.807, 2.05) is 0 Å². The SMILES string of the molecule is NCC1=NO[C@@H]2[C@H]3CC[C@H](C3)[C@H]12. The van der Waals surface area contributed by atoms with E-state index in [0.717, 1.165) is 17.5 Å². The van der Waals surface area contributed by atoms with Gasteiger partial charge in [0.05, 0.1) is 5.71 Å². The number of nitrogens with two attached hydrogens (primary N) is 1. The lowest BCUT2D eigenvalue weighted by molar-refractivity contribution is 0.0275. The van der Waals surface area contributed by atoms with Gasteiger partial charge in [-0.3, -0.25) is 0 Å². The lowest BCUT2D eigenvalue weighted by atomic mass is 9.83. The molecule has 1 heterocycles. The number of oxime groups is 1. The monoisotopic (exact) mass is 166 g/mol. The highest BCUT2D eigenvalue weighted by atomic mass is 16.6. The van der Waals surface area contributed by atoms with Gasteiger partial charge < -0.3 is 10.6 Å². The standard InChI is InChI=1S/C9H14N2O/c10-4-7-8-5-1-2-6(3-5)9(8)12-11-7/h5-6,8-9H,1-4,10H2/t5-,6+,8-,9-/m1/s1. The van der Waals surface area contributed by atoms with Gasteiger partial charge in [-0.1, -0.05) is 5.16 Å². The van der Waals surface area contributed by atoms with Gasteiger partial charge in [-0.05, 0) is 31.1 Å². The molecule has 0 amide bonds. The maximum absolute atomic E-state index is 5.61. The van der Waals surface area contributed by atoms with E-state index in [4.69, 9.17) is 10.6 Å². The zero-order valence-electron chi connectivity index (χ0n) is 7.07. The van der Waals surface area contributed by atoms with Crippen molar-refractivity contribution in [1.29, 1.82) is 0 Å². The molecule has 0 saturated heterocycles. The van der Waals surface area contributed by atoms with Crippen LogP contribution >= 0.6 is 0 Å². The van der Waals surface area contributed by atoms with Crippen molar-refractivity contribution in [2.24, 2.45) is 28.6 Å². The molecule has 1 aliphatic heterocycles. The van der Waals surface area contributed by atoms with Crippen molar-refractivity contribution in [3.63, 3.8) is 0 Å². The van der Waals surface area contributed by atoms with Gasteiger partial charge >= 0.3 is 0 Å². The van der Waals surface area contributed by atoms with Crippen LogP contribution in [0.4, 0.5) is 0 Å². The zero-order valence-corrected chi connectivity index (χ0v) is 7.07. The van der Waals surface area contributed by atoms with E-state index < -0.39 is 0 Å². The van der Waals surface area contributed by atoms with Gasteiger partial charge in [0.1, 0.15) is 6.10 Å². The van der Waals surface area contributed by atoms with E-state index in [2.05, 4.69) is 5.16 Å². The molecule has 2 fully saturated rings. The summed E-state index contributed by atoms with van der Waals surface area (Å²) >= 11 is 0. The highest BCUT2D eigenvalue weighted by molar-refractivity contribution is 5.90. The molecule has 3 rings (SSSR count). The molecule has 2 bridgehead atoms. The van der Waals surface area contributed by atoms with E-state index in [0.29, 0.717) is 18.6 Å². The molecular weight excluding hydrogens is 152 g/mol. The minimum absolute atomic E-state index is 0.405. The fourth-order valence-corrected chi connectivity index (χ4v) is 3.21. The van der Waals surface area contributed by atoms with Crippen molar-refractivity contribution in [2.45, 2.75) is 25.4 Å². The van der Waals surface area contributed by atoms with Crippen LogP contribution in [0.1, 0.15) is 19.3 Å². The van der Waals surface area contributed by atoms with Crippen LogP contribution in [0.15, 0.2) is 5.16 Å². The Morgan fingerprint density at radius 3 is 3.08 bits per heavy atom. The molecule has 2 aliphatic carbocycles. The van der Waals surface area contributed by atoms with Crippen LogP contribution in [-0.2, 0) is 4.84 Å². The molecule has 0 spiro atoms. The van der Waals surface area contributed by atoms with Crippen LogP contribution in [0, 0.1) is 17.8 Å². The molecule has 3 nitrogen and oxygen atoms in total. The maximum Gasteiger partial charge on any atom is 0.138 e. The van der Waals surface area contributed by atoms with Crippen LogP contribution in [0.2, 0.25) is 0 Å². The van der Waals surface area contributed by atoms with Crippen LogP contribution in [0.5, 0.6) is 0 Å². The van der Waals surface area contributed by atoms with E-state index >= 15 is 0 Å². The number of rotatable bonds is 1. The van der Waals surface area contributed by atoms with E-state index in [1.54, 1.807) is 0 Å². The Hall–Kier alpha value is -0.570. The third-order valence-corrected chi connectivity index (χ3v) is 3.73. The van der Waals surface area contributed by atoms with Gasteiger partial charge in [0, 0.05) is 12.5 Å². The first kappa shape index (κ1) is 6.89. The van der Waals surface area contributed by atoms with Crippen molar-refractivity contribution in [3.8, 4) is 0 Å². The first-order valence-electron chi connectivity index (χ1n) is 4.83. The fraction of sp³-hybridized carbons (Fsp3) is 0.889. The zero-order chi connectivity index (χ0) is 8.13. The van der Waals surface area contributed by atoms with Crippen molar-refractivity contribution >= 4 is 5.71 Å². The van der Waals surface area contributed by atoms with Gasteiger partial charge in [0.2, 0.25) is 0 Å². The minimum Gasteiger partial charge on any atom is -0.391 e. The first-order valence-corrected chi connectivity index (χ1v) is 4.83. The molecule has 4 atom stereocenters. The second-order valence-electron chi connectivity index (χ2n) is 4.22. The first-order chi connectivity index (χ1) is 5.90. The maximum atomic E-state index is 5.61. The van der Waals surface area contributed by atoms with Gasteiger partial charge in [0.25, 0.3) is 0 Å². The predicted octanol–water partition coefficient (Wildman–Crippen LogP) is 0.746. The molecule has 0 aromatic heterocycles. The Morgan fingerprint density at radius 2 is 2.25 bits per heavy atom. The molecule has 3 heteroatoms. The fourth-order valence-electron chi connectivity index (χ4n) is 3.21. The summed E-state index contributed by atoms with van der Waals surface area (Å²) in [7, 11) is 0. The summed E-state index contributed by atoms with van der Waals surface area (Å²) < 4.78 is 0. The molecule has 3 aliphatic rings. The smallest absolute Gasteiger partial charge is 0.138 e. The summed E-state index contributed by atoms with van der Waals surface area (Å²) in [6, 6.07) is 0. The van der Waals surface area contributed by atoms with Crippen LogP contribution in [-0.4, -0.2) is 18.4 Å². The summed E-state index contributed by atoms with van der Waals surface area (Å²) in [5.74, 6) is 2.21. The molecule has 2 saturated carbocycles. The third kappa shape index (κ3) is 0.678. The van der Waals surface area contributed by atoms with Crippen LogP contribution < -0.4 is 5.73 Å². The van der Waals surface area contributed by atoms with Gasteiger partial charge in [-0.25, -0.2) is 0 Å². The minimum atomic E-state index is 0.405. The lowest BCUT2D eigenvalue weighted by Gasteiger charge is -2.22. The second-order valence-corrected chi connectivity index (χ2v) is 4.22. The number of fused-ring (bicyclic) bond motifs is 5. The molecule has 0 aromatic carbocycles. The van der Waals surface area contributed by atoms with Crippen molar-refractivity contribution in [2.75, 3.05) is 6.54 Å². The van der Waals surface area contributed by atoms with Gasteiger partial charge in [0.15, 0.2) is 0 Å². The topological polar surface area (TPSA) is 47.6 Å². The summed E-state index contributed by atoms with van der Waals surface area (Å²) in [4.78, 5) is 5.42. The average molecular weight is 166 g/mol. The van der Waals surface area contributed by atoms with Crippen molar-refractivity contribution in [3.05, 3.63) is 0 Å². The van der Waals surface area contributed by atoms with E-state index in [-0.39, 0.29) is 0 Å².